The van der Waals surface area contributed by atoms with Gasteiger partial charge in [0, 0.05) is 30.5 Å². The van der Waals surface area contributed by atoms with Gasteiger partial charge in [-0.1, -0.05) is 77.9 Å². The van der Waals surface area contributed by atoms with Gasteiger partial charge in [-0.05, 0) is 121 Å². The van der Waals surface area contributed by atoms with E-state index in [9.17, 15) is 25.2 Å². The van der Waals surface area contributed by atoms with Gasteiger partial charge in [0.15, 0.2) is 0 Å². The summed E-state index contributed by atoms with van der Waals surface area (Å²) in [7, 11) is 1.86. The third-order valence-corrected chi connectivity index (χ3v) is 11.0. The van der Waals surface area contributed by atoms with E-state index in [1.807, 2.05) is 38.3 Å². The topological polar surface area (TPSA) is 122 Å². The first-order valence-corrected chi connectivity index (χ1v) is 18.0. The quantitative estimate of drug-likeness (QED) is 0.0482. The number of rotatable bonds is 19. The van der Waals surface area contributed by atoms with Gasteiger partial charge >= 0.3 is 0 Å². The molecular weight excluding hydrogens is 600 g/mol. The third-order valence-electron chi connectivity index (χ3n) is 11.0. The number of hydrogen-bond acceptors (Lipinski definition) is 7. The van der Waals surface area contributed by atoms with Crippen LogP contribution in [-0.4, -0.2) is 77.8 Å². The lowest BCUT2D eigenvalue weighted by Gasteiger charge is -2.57. The monoisotopic (exact) mass is 662 g/mol. The zero-order valence-corrected chi connectivity index (χ0v) is 29.9. The first-order chi connectivity index (χ1) is 23.1. The van der Waals surface area contributed by atoms with Crippen molar-refractivity contribution in [1.29, 1.82) is 0 Å². The normalized spacial score (nSPS) is 28.3. The molecule has 48 heavy (non-hydrogen) atoms. The van der Waals surface area contributed by atoms with Gasteiger partial charge in [-0.3, -0.25) is 4.79 Å². The Morgan fingerprint density at radius 1 is 1.17 bits per heavy atom. The van der Waals surface area contributed by atoms with Gasteiger partial charge in [0.2, 0.25) is 0 Å². The van der Waals surface area contributed by atoms with Crippen LogP contribution in [0.25, 0.3) is 0 Å². The minimum absolute atomic E-state index is 0.00511. The molecule has 2 aliphatic rings. The van der Waals surface area contributed by atoms with E-state index in [1.165, 1.54) is 11.1 Å². The fourth-order valence-corrected chi connectivity index (χ4v) is 8.32. The van der Waals surface area contributed by atoms with Gasteiger partial charge in [0.05, 0.1) is 18.3 Å². The highest BCUT2D eigenvalue weighted by Crippen LogP contribution is 2.63. The van der Waals surface area contributed by atoms with E-state index in [2.05, 4.69) is 61.4 Å². The lowest BCUT2D eigenvalue weighted by atomic mass is 9.51. The molecule has 1 aromatic rings. The number of benzene rings is 1. The SMILES string of the molecule is C=C(C=CC=C(CO)C1CCC2(C(CCCO)C(=C(C)C=O)CCC2(O)CCNC)C1O)CCC=C(C)CNC(C)Cc1ccccc1. The Balaban J connectivity index is 1.68. The zero-order chi connectivity index (χ0) is 35.2. The van der Waals surface area contributed by atoms with Gasteiger partial charge < -0.3 is 31.1 Å². The minimum Gasteiger partial charge on any atom is -0.396 e. The van der Waals surface area contributed by atoms with Crippen LogP contribution < -0.4 is 10.6 Å². The second kappa shape index (κ2) is 19.5. The van der Waals surface area contributed by atoms with Crippen molar-refractivity contribution in [3.63, 3.8) is 0 Å². The first kappa shape index (κ1) is 39.8. The molecule has 1 aromatic carbocycles. The van der Waals surface area contributed by atoms with E-state index < -0.39 is 17.1 Å². The van der Waals surface area contributed by atoms with E-state index in [4.69, 9.17) is 0 Å². The van der Waals surface area contributed by atoms with E-state index in [0.717, 1.165) is 48.8 Å². The van der Waals surface area contributed by atoms with Gasteiger partial charge in [0.25, 0.3) is 0 Å². The van der Waals surface area contributed by atoms with Crippen molar-refractivity contribution in [2.75, 3.05) is 33.4 Å². The maximum atomic E-state index is 12.3. The Hall–Kier alpha value is -2.65. The second-order valence-electron chi connectivity index (χ2n) is 14.2. The smallest absolute Gasteiger partial charge is 0.145 e. The molecule has 2 saturated carbocycles. The summed E-state index contributed by atoms with van der Waals surface area (Å²) >= 11 is 0. The molecule has 6 unspecified atom stereocenters. The molecule has 6 atom stereocenters. The molecule has 266 valence electrons. The molecule has 0 amide bonds. The summed E-state index contributed by atoms with van der Waals surface area (Å²) in [6, 6.07) is 10.9. The fraction of sp³-hybridized carbons (Fsp3) is 0.585. The predicted octanol–water partition coefficient (Wildman–Crippen LogP) is 5.76. The van der Waals surface area contributed by atoms with Gasteiger partial charge in [0.1, 0.15) is 6.29 Å². The highest BCUT2D eigenvalue weighted by atomic mass is 16.3. The van der Waals surface area contributed by atoms with E-state index in [1.54, 1.807) is 0 Å². The Bertz CT molecular complexity index is 1300. The van der Waals surface area contributed by atoms with Crippen molar-refractivity contribution >= 4 is 6.29 Å². The molecule has 2 aliphatic carbocycles. The molecule has 3 rings (SSSR count). The maximum absolute atomic E-state index is 12.3. The summed E-state index contributed by atoms with van der Waals surface area (Å²) in [5, 5.41) is 51.6. The molecule has 0 radical (unpaired) electrons. The number of aliphatic hydroxyl groups is 4. The zero-order valence-electron chi connectivity index (χ0n) is 29.9. The highest BCUT2D eigenvalue weighted by molar-refractivity contribution is 5.74. The molecular formula is C41H62N2O5. The van der Waals surface area contributed by atoms with E-state index in [0.29, 0.717) is 63.1 Å². The molecule has 0 bridgehead atoms. The summed E-state index contributed by atoms with van der Waals surface area (Å²) in [6.45, 7) is 11.7. The number of carbonyl (C=O) groups excluding carboxylic acids is 1. The van der Waals surface area contributed by atoms with Gasteiger partial charge in [-0.25, -0.2) is 0 Å². The number of aliphatic hydroxyl groups excluding tert-OH is 3. The molecule has 0 saturated heterocycles. The summed E-state index contributed by atoms with van der Waals surface area (Å²) in [5.74, 6) is -0.566. The number of nitrogens with one attached hydrogen (secondary N) is 2. The Labute approximate surface area is 289 Å². The predicted molar refractivity (Wildman–Crippen MR) is 197 cm³/mol. The number of aldehydes is 1. The molecule has 2 fully saturated rings. The summed E-state index contributed by atoms with van der Waals surface area (Å²) in [4.78, 5) is 11.9. The van der Waals surface area contributed by atoms with Crippen molar-refractivity contribution in [3.05, 3.63) is 94.6 Å². The van der Waals surface area contributed by atoms with Crippen LogP contribution in [-0.2, 0) is 11.2 Å². The number of allylic oxidation sites excluding steroid dienone is 7. The molecule has 1 spiro atoms. The van der Waals surface area contributed by atoms with E-state index in [-0.39, 0.29) is 25.0 Å². The van der Waals surface area contributed by atoms with Crippen LogP contribution in [0.4, 0.5) is 0 Å². The second-order valence-corrected chi connectivity index (χ2v) is 14.2. The molecule has 6 N–H and O–H groups in total. The largest absolute Gasteiger partial charge is 0.396 e. The van der Waals surface area contributed by atoms with Crippen molar-refractivity contribution in [1.82, 2.24) is 10.6 Å². The minimum atomic E-state index is -1.15. The van der Waals surface area contributed by atoms with Crippen LogP contribution >= 0.6 is 0 Å². The van der Waals surface area contributed by atoms with Crippen molar-refractivity contribution in [2.24, 2.45) is 17.3 Å². The summed E-state index contributed by atoms with van der Waals surface area (Å²) in [6.07, 6.45) is 14.5. The average molecular weight is 663 g/mol. The summed E-state index contributed by atoms with van der Waals surface area (Å²) < 4.78 is 0. The summed E-state index contributed by atoms with van der Waals surface area (Å²) in [5.41, 5.74) is 3.95. The van der Waals surface area contributed by atoms with Gasteiger partial charge in [-0.15, -0.1) is 0 Å². The van der Waals surface area contributed by atoms with Crippen LogP contribution in [0.3, 0.4) is 0 Å². The van der Waals surface area contributed by atoms with Crippen molar-refractivity contribution in [2.45, 2.75) is 103 Å². The molecule has 0 aromatic heterocycles. The highest BCUT2D eigenvalue weighted by Gasteiger charge is 2.65. The molecule has 7 heteroatoms. The lowest BCUT2D eigenvalue weighted by Crippen LogP contribution is -2.61. The fourth-order valence-electron chi connectivity index (χ4n) is 8.32. The van der Waals surface area contributed by atoms with Crippen LogP contribution in [0.15, 0.2) is 89.1 Å². The van der Waals surface area contributed by atoms with Crippen LogP contribution in [0, 0.1) is 17.3 Å². The number of hydrogen-bond donors (Lipinski definition) is 6. The van der Waals surface area contributed by atoms with Crippen LogP contribution in [0.1, 0.15) is 84.1 Å². The number of carbonyl (C=O) groups is 1. The maximum Gasteiger partial charge on any atom is 0.145 e. The first-order valence-electron chi connectivity index (χ1n) is 18.0. The average Bonchev–Trinajstić information content (AvgIpc) is 3.43. The Kier molecular flexibility index (Phi) is 16.2. The lowest BCUT2D eigenvalue weighted by molar-refractivity contribution is -0.180. The molecule has 7 nitrogen and oxygen atoms in total. The van der Waals surface area contributed by atoms with E-state index >= 15 is 0 Å². The van der Waals surface area contributed by atoms with Crippen LogP contribution in [0.5, 0.6) is 0 Å². The molecule has 0 heterocycles. The van der Waals surface area contributed by atoms with Gasteiger partial charge in [-0.2, -0.15) is 0 Å². The van der Waals surface area contributed by atoms with Crippen LogP contribution in [0.2, 0.25) is 0 Å². The Morgan fingerprint density at radius 3 is 2.58 bits per heavy atom. The van der Waals surface area contributed by atoms with Crippen molar-refractivity contribution < 1.29 is 25.2 Å². The third kappa shape index (κ3) is 9.96. The molecule has 0 aliphatic heterocycles. The Morgan fingerprint density at radius 2 is 1.92 bits per heavy atom. The standard InChI is InChI=1S/C41H62N2O5/c1-30(12-9-14-31(2)27-43-33(4)26-34-15-7-6-8-16-34)13-10-17-35(29-46)37-20-22-41(39(37)47)38(18-11-25-44)36(32(3)28-45)19-21-40(41,48)23-24-42-5/h6-8,10,13-17,28,33,37-39,42-44,46-48H,1,9,11-12,18-27,29H2,2-5H3. The van der Waals surface area contributed by atoms with Crippen molar-refractivity contribution in [3.8, 4) is 0 Å².